The van der Waals surface area contributed by atoms with Crippen LogP contribution in [0, 0.1) is 16.0 Å². The van der Waals surface area contributed by atoms with Gasteiger partial charge in [0.05, 0.1) is 16.7 Å². The number of aliphatic hydroxyl groups is 1. The van der Waals surface area contributed by atoms with E-state index < -0.39 is 22.5 Å². The Morgan fingerprint density at radius 1 is 1.38 bits per heavy atom. The average molecular weight is 358 g/mol. The molecule has 0 aromatic heterocycles. The van der Waals surface area contributed by atoms with Crippen LogP contribution in [0.3, 0.4) is 0 Å². The Morgan fingerprint density at radius 2 is 2.00 bits per heavy atom. The lowest BCUT2D eigenvalue weighted by atomic mass is 9.69. The van der Waals surface area contributed by atoms with E-state index in [4.69, 9.17) is 0 Å². The maximum absolute atomic E-state index is 10.9. The number of oxime groups is 1. The van der Waals surface area contributed by atoms with Gasteiger partial charge >= 0.3 is 0 Å². The molecule has 2 atom stereocenters. The maximum Gasteiger partial charge on any atom is 0.269 e. The first-order chi connectivity index (χ1) is 10.6. The standard InChI is InChI=1S/C16H23N3O4.ClH/c1-15(2)9-12(17-21)13(16(3,4)18-15)14(20)10-6-5-7-11(8-10)19(22)23;/h5-8,13-14,18,20-21H,9H2,1-4H3;1H. The molecular formula is C16H24ClN3O4. The van der Waals surface area contributed by atoms with Gasteiger partial charge in [-0.25, -0.2) is 0 Å². The van der Waals surface area contributed by atoms with Crippen LogP contribution in [-0.2, 0) is 0 Å². The van der Waals surface area contributed by atoms with Crippen molar-refractivity contribution < 1.29 is 15.2 Å². The highest BCUT2D eigenvalue weighted by Gasteiger charge is 2.47. The highest BCUT2D eigenvalue weighted by Crippen LogP contribution is 2.39. The highest BCUT2D eigenvalue weighted by molar-refractivity contribution is 5.90. The first-order valence-corrected chi connectivity index (χ1v) is 7.50. The lowest BCUT2D eigenvalue weighted by molar-refractivity contribution is -0.385. The molecule has 134 valence electrons. The molecule has 7 nitrogen and oxygen atoms in total. The molecule has 2 unspecified atom stereocenters. The number of benzene rings is 1. The maximum atomic E-state index is 10.9. The van der Waals surface area contributed by atoms with Gasteiger partial charge in [-0.2, -0.15) is 0 Å². The minimum Gasteiger partial charge on any atom is -0.411 e. The number of nitro benzene ring substituents is 1. The predicted octanol–water partition coefficient (Wildman–Crippen LogP) is 3.05. The zero-order valence-corrected chi connectivity index (χ0v) is 15.0. The zero-order chi connectivity index (χ0) is 17.4. The third-order valence-electron chi connectivity index (χ3n) is 4.29. The summed E-state index contributed by atoms with van der Waals surface area (Å²) in [6, 6.07) is 5.92. The summed E-state index contributed by atoms with van der Waals surface area (Å²) in [6.07, 6.45) is -0.539. The van der Waals surface area contributed by atoms with Crippen LogP contribution >= 0.6 is 12.4 Å². The van der Waals surface area contributed by atoms with E-state index in [-0.39, 0.29) is 23.6 Å². The lowest BCUT2D eigenvalue weighted by Crippen LogP contribution is -2.64. The van der Waals surface area contributed by atoms with Gasteiger partial charge in [0.1, 0.15) is 0 Å². The van der Waals surface area contributed by atoms with Crippen LogP contribution < -0.4 is 5.32 Å². The van der Waals surface area contributed by atoms with Crippen molar-refractivity contribution in [3.8, 4) is 0 Å². The van der Waals surface area contributed by atoms with Crippen LogP contribution in [0.4, 0.5) is 5.69 Å². The average Bonchev–Trinajstić information content (AvgIpc) is 2.43. The monoisotopic (exact) mass is 357 g/mol. The number of non-ortho nitro benzene ring substituents is 1. The Bertz CT molecular complexity index is 646. The summed E-state index contributed by atoms with van der Waals surface area (Å²) in [7, 11) is 0. The van der Waals surface area contributed by atoms with E-state index in [1.807, 2.05) is 27.7 Å². The first kappa shape index (κ1) is 20.3. The van der Waals surface area contributed by atoms with Gasteiger partial charge in [-0.1, -0.05) is 17.3 Å². The molecule has 24 heavy (non-hydrogen) atoms. The molecule has 1 heterocycles. The lowest BCUT2D eigenvalue weighted by Gasteiger charge is -2.49. The largest absolute Gasteiger partial charge is 0.411 e. The molecule has 0 radical (unpaired) electrons. The second kappa shape index (κ2) is 7.04. The summed E-state index contributed by atoms with van der Waals surface area (Å²) < 4.78 is 0. The minimum absolute atomic E-state index is 0. The molecule has 0 amide bonds. The van der Waals surface area contributed by atoms with Crippen LogP contribution in [-0.4, -0.2) is 32.0 Å². The molecule has 8 heteroatoms. The second-order valence-corrected chi connectivity index (χ2v) is 7.27. The third kappa shape index (κ3) is 4.03. The van der Waals surface area contributed by atoms with Gasteiger partial charge in [0.2, 0.25) is 0 Å². The number of aliphatic hydroxyl groups excluding tert-OH is 1. The van der Waals surface area contributed by atoms with Crippen molar-refractivity contribution in [2.24, 2.45) is 11.1 Å². The van der Waals surface area contributed by atoms with Gasteiger partial charge in [0.15, 0.2) is 0 Å². The van der Waals surface area contributed by atoms with Crippen LogP contribution in [0.2, 0.25) is 0 Å². The van der Waals surface area contributed by atoms with Crippen molar-refractivity contribution in [3.05, 3.63) is 39.9 Å². The molecule has 1 aliphatic rings. The van der Waals surface area contributed by atoms with E-state index in [0.717, 1.165) is 0 Å². The van der Waals surface area contributed by atoms with Gasteiger partial charge in [-0.15, -0.1) is 12.4 Å². The molecule has 1 aliphatic heterocycles. The Hall–Kier alpha value is -1.70. The van der Waals surface area contributed by atoms with Crippen molar-refractivity contribution in [1.82, 2.24) is 5.32 Å². The van der Waals surface area contributed by atoms with Crippen molar-refractivity contribution in [1.29, 1.82) is 0 Å². The Labute approximate surface area is 147 Å². The van der Waals surface area contributed by atoms with E-state index in [9.17, 15) is 20.4 Å². The summed E-state index contributed by atoms with van der Waals surface area (Å²) in [6.45, 7) is 7.83. The summed E-state index contributed by atoms with van der Waals surface area (Å²) in [5.74, 6) is -0.498. The number of hydrogen-bond acceptors (Lipinski definition) is 6. The van der Waals surface area contributed by atoms with Gasteiger partial charge in [0.25, 0.3) is 5.69 Å². The van der Waals surface area contributed by atoms with Crippen molar-refractivity contribution in [2.45, 2.75) is 51.3 Å². The molecule has 1 aromatic carbocycles. The fourth-order valence-electron chi connectivity index (χ4n) is 3.66. The molecule has 0 bridgehead atoms. The Balaban J connectivity index is 0.00000288. The molecule has 1 aromatic rings. The van der Waals surface area contributed by atoms with Gasteiger partial charge < -0.3 is 15.6 Å². The minimum atomic E-state index is -1.01. The van der Waals surface area contributed by atoms with Gasteiger partial charge in [0, 0.05) is 35.5 Å². The molecule has 1 saturated heterocycles. The normalized spacial score (nSPS) is 24.9. The number of piperidine rings is 1. The molecule has 2 rings (SSSR count). The van der Waals surface area contributed by atoms with E-state index in [2.05, 4.69) is 10.5 Å². The Kier molecular flexibility index (Phi) is 5.97. The van der Waals surface area contributed by atoms with E-state index >= 15 is 0 Å². The van der Waals surface area contributed by atoms with Gasteiger partial charge in [-0.3, -0.25) is 10.1 Å². The molecule has 0 saturated carbocycles. The summed E-state index contributed by atoms with van der Waals surface area (Å²) in [5, 5.41) is 38.0. The fourth-order valence-corrected chi connectivity index (χ4v) is 3.66. The molecule has 3 N–H and O–H groups in total. The number of rotatable bonds is 3. The van der Waals surface area contributed by atoms with Crippen LogP contribution in [0.1, 0.15) is 45.8 Å². The summed E-state index contributed by atoms with van der Waals surface area (Å²) in [5.41, 5.74) is 0.0146. The van der Waals surface area contributed by atoms with Crippen LogP contribution in [0.5, 0.6) is 0 Å². The molecule has 0 aliphatic carbocycles. The van der Waals surface area contributed by atoms with E-state index in [1.165, 1.54) is 12.1 Å². The van der Waals surface area contributed by atoms with Crippen LogP contribution in [0.15, 0.2) is 29.4 Å². The fraction of sp³-hybridized carbons (Fsp3) is 0.562. The summed E-state index contributed by atoms with van der Waals surface area (Å²) >= 11 is 0. The predicted molar refractivity (Wildman–Crippen MR) is 93.9 cm³/mol. The molecular weight excluding hydrogens is 334 g/mol. The molecule has 0 spiro atoms. The first-order valence-electron chi connectivity index (χ1n) is 7.50. The number of hydrogen-bond donors (Lipinski definition) is 3. The SMILES string of the molecule is CC1(C)CC(=NO)C(C(O)c2cccc([N+](=O)[O-])c2)C(C)(C)N1.Cl. The van der Waals surface area contributed by atoms with E-state index in [1.54, 1.807) is 12.1 Å². The van der Waals surface area contributed by atoms with Crippen molar-refractivity contribution >= 4 is 23.8 Å². The number of halogens is 1. The van der Waals surface area contributed by atoms with Gasteiger partial charge in [-0.05, 0) is 33.3 Å². The van der Waals surface area contributed by atoms with E-state index in [0.29, 0.717) is 17.7 Å². The summed E-state index contributed by atoms with van der Waals surface area (Å²) in [4.78, 5) is 10.4. The van der Waals surface area contributed by atoms with Crippen molar-refractivity contribution in [3.63, 3.8) is 0 Å². The smallest absolute Gasteiger partial charge is 0.269 e. The quantitative estimate of drug-likeness (QED) is 0.437. The third-order valence-corrected chi connectivity index (χ3v) is 4.29. The highest BCUT2D eigenvalue weighted by atomic mass is 35.5. The number of nitrogens with one attached hydrogen (secondary N) is 1. The second-order valence-electron chi connectivity index (χ2n) is 7.27. The number of nitrogens with zero attached hydrogens (tertiary/aromatic N) is 2. The number of nitro groups is 1. The van der Waals surface area contributed by atoms with Crippen LogP contribution in [0.25, 0.3) is 0 Å². The van der Waals surface area contributed by atoms with Crippen molar-refractivity contribution in [2.75, 3.05) is 0 Å². The molecule has 1 fully saturated rings. The topological polar surface area (TPSA) is 108 Å². The zero-order valence-electron chi connectivity index (χ0n) is 14.2. The Morgan fingerprint density at radius 3 is 2.54 bits per heavy atom.